The summed E-state index contributed by atoms with van der Waals surface area (Å²) in [5.41, 5.74) is 0.852. The largest absolute Gasteiger partial charge is 0.472 e. The smallest absolute Gasteiger partial charge is 0.317 e. The number of nitrogens with zero attached hydrogens (tertiary/aromatic N) is 3. The average molecular weight is 497 g/mol. The van der Waals surface area contributed by atoms with E-state index in [-0.39, 0.29) is 54.1 Å². The number of hydrogen-bond donors (Lipinski definition) is 2. The molecule has 3 amide bonds. The molecule has 1 aliphatic heterocycles. The number of amides is 3. The van der Waals surface area contributed by atoms with Crippen molar-refractivity contribution >= 4 is 11.9 Å². The zero-order valence-corrected chi connectivity index (χ0v) is 21.3. The number of rotatable bonds is 5. The van der Waals surface area contributed by atoms with Crippen molar-refractivity contribution in [3.63, 3.8) is 0 Å². The fourth-order valence-electron chi connectivity index (χ4n) is 3.80. The summed E-state index contributed by atoms with van der Waals surface area (Å²) in [7, 11) is 1.68. The molecule has 0 radical (unpaired) electrons. The summed E-state index contributed by atoms with van der Waals surface area (Å²) in [6, 6.07) is 7.05. The molecule has 0 saturated carbocycles. The quantitative estimate of drug-likeness (QED) is 0.621. The molecule has 2 heterocycles. The van der Waals surface area contributed by atoms with Gasteiger partial charge in [-0.3, -0.25) is 4.79 Å². The van der Waals surface area contributed by atoms with Gasteiger partial charge in [0, 0.05) is 37.3 Å². The maximum absolute atomic E-state index is 14.0. The van der Waals surface area contributed by atoms with Crippen molar-refractivity contribution in [3.05, 3.63) is 59.0 Å². The number of halogens is 1. The number of likely N-dealkylation sites (N-methyl/N-ethyl adjacent to an activating group) is 1. The summed E-state index contributed by atoms with van der Waals surface area (Å²) in [6.07, 6.45) is 1.01. The van der Waals surface area contributed by atoms with E-state index in [4.69, 9.17) is 4.74 Å². The van der Waals surface area contributed by atoms with E-state index in [0.717, 1.165) is 0 Å². The Bertz CT molecular complexity index is 1160. The van der Waals surface area contributed by atoms with Crippen molar-refractivity contribution in [3.8, 4) is 17.7 Å². The third kappa shape index (κ3) is 6.52. The monoisotopic (exact) mass is 496 g/mol. The van der Waals surface area contributed by atoms with Crippen LogP contribution < -0.4 is 10.1 Å². The topological polar surface area (TPSA) is 95.0 Å². The van der Waals surface area contributed by atoms with Crippen LogP contribution in [0.1, 0.15) is 49.2 Å². The Morgan fingerprint density at radius 1 is 1.33 bits per heavy atom. The highest BCUT2D eigenvalue weighted by molar-refractivity contribution is 5.97. The SMILES string of the molecule is CC(C)NC(=O)N(C)C[C@@H]1Oc2ncc(C#Cc3ccccc3F)cc2C(=O)N([C@H](C)CO)C[C@@H]1C. The van der Waals surface area contributed by atoms with E-state index in [1.807, 2.05) is 20.8 Å². The van der Waals surface area contributed by atoms with Crippen LogP contribution in [0.4, 0.5) is 9.18 Å². The van der Waals surface area contributed by atoms with Gasteiger partial charge in [-0.05, 0) is 39.0 Å². The third-order valence-corrected chi connectivity index (χ3v) is 5.95. The van der Waals surface area contributed by atoms with Crippen molar-refractivity contribution in [2.75, 3.05) is 26.7 Å². The second kappa shape index (κ2) is 11.9. The van der Waals surface area contributed by atoms with Crippen molar-refractivity contribution in [1.82, 2.24) is 20.1 Å². The van der Waals surface area contributed by atoms with Gasteiger partial charge in [-0.1, -0.05) is 30.9 Å². The molecule has 36 heavy (non-hydrogen) atoms. The highest BCUT2D eigenvalue weighted by Crippen LogP contribution is 2.27. The first kappa shape index (κ1) is 27.0. The highest BCUT2D eigenvalue weighted by Gasteiger charge is 2.34. The summed E-state index contributed by atoms with van der Waals surface area (Å²) >= 11 is 0. The molecule has 0 aliphatic carbocycles. The number of pyridine rings is 1. The third-order valence-electron chi connectivity index (χ3n) is 5.95. The van der Waals surface area contributed by atoms with Gasteiger partial charge in [-0.15, -0.1) is 0 Å². The molecule has 2 aromatic rings. The van der Waals surface area contributed by atoms with Gasteiger partial charge in [0.25, 0.3) is 5.91 Å². The number of fused-ring (bicyclic) bond motifs is 1. The van der Waals surface area contributed by atoms with E-state index < -0.39 is 18.0 Å². The molecule has 3 atom stereocenters. The summed E-state index contributed by atoms with van der Waals surface area (Å²) in [4.78, 5) is 33.4. The summed E-state index contributed by atoms with van der Waals surface area (Å²) in [5.74, 6) is 4.82. The van der Waals surface area contributed by atoms with Crippen LogP contribution in [0.3, 0.4) is 0 Å². The van der Waals surface area contributed by atoms with Crippen LogP contribution in [0.2, 0.25) is 0 Å². The molecule has 1 aromatic carbocycles. The van der Waals surface area contributed by atoms with Crippen molar-refractivity contribution in [2.24, 2.45) is 5.92 Å². The molecular formula is C27H33FN4O4. The Morgan fingerprint density at radius 3 is 2.72 bits per heavy atom. The van der Waals surface area contributed by atoms with Crippen molar-refractivity contribution in [2.45, 2.75) is 45.9 Å². The van der Waals surface area contributed by atoms with Crippen LogP contribution >= 0.6 is 0 Å². The molecule has 0 spiro atoms. The van der Waals surface area contributed by atoms with Crippen LogP contribution in [-0.4, -0.2) is 76.8 Å². The number of aliphatic hydroxyl groups excluding tert-OH is 1. The minimum atomic E-state index is -0.462. The lowest BCUT2D eigenvalue weighted by molar-refractivity contribution is 0.0351. The second-order valence-electron chi connectivity index (χ2n) is 9.41. The number of aliphatic hydroxyl groups is 1. The number of ether oxygens (including phenoxy) is 1. The molecule has 2 N–H and O–H groups in total. The predicted molar refractivity (Wildman–Crippen MR) is 134 cm³/mol. The molecule has 8 nitrogen and oxygen atoms in total. The molecule has 192 valence electrons. The number of nitrogens with one attached hydrogen (secondary N) is 1. The number of benzene rings is 1. The number of hydrogen-bond acceptors (Lipinski definition) is 5. The fourth-order valence-corrected chi connectivity index (χ4v) is 3.80. The number of aromatic nitrogens is 1. The van der Waals surface area contributed by atoms with Crippen molar-refractivity contribution < 1.29 is 23.8 Å². The Hall–Kier alpha value is -3.64. The maximum atomic E-state index is 14.0. The minimum absolute atomic E-state index is 0.0135. The zero-order valence-electron chi connectivity index (χ0n) is 21.3. The molecule has 1 aliphatic rings. The van der Waals surface area contributed by atoms with Crippen LogP contribution in [0.5, 0.6) is 5.88 Å². The Labute approximate surface area is 211 Å². The average Bonchev–Trinajstić information content (AvgIpc) is 2.84. The molecule has 0 fully saturated rings. The first-order valence-corrected chi connectivity index (χ1v) is 12.0. The first-order valence-electron chi connectivity index (χ1n) is 12.0. The molecule has 0 saturated heterocycles. The molecule has 9 heteroatoms. The molecular weight excluding hydrogens is 463 g/mol. The van der Waals surface area contributed by atoms with Gasteiger partial charge < -0.3 is 25.0 Å². The predicted octanol–water partition coefficient (Wildman–Crippen LogP) is 2.89. The Balaban J connectivity index is 1.97. The molecule has 3 rings (SSSR count). The van der Waals surface area contributed by atoms with E-state index in [1.165, 1.54) is 12.3 Å². The molecule has 1 aromatic heterocycles. The van der Waals surface area contributed by atoms with Gasteiger partial charge in [0.1, 0.15) is 17.5 Å². The van der Waals surface area contributed by atoms with Crippen LogP contribution in [0.15, 0.2) is 36.5 Å². The fraction of sp³-hybridized carbons (Fsp3) is 0.444. The Morgan fingerprint density at radius 2 is 2.06 bits per heavy atom. The lowest BCUT2D eigenvalue weighted by Gasteiger charge is -2.37. The summed E-state index contributed by atoms with van der Waals surface area (Å²) in [5, 5.41) is 12.7. The lowest BCUT2D eigenvalue weighted by Crippen LogP contribution is -2.51. The van der Waals surface area contributed by atoms with Crippen LogP contribution in [0, 0.1) is 23.6 Å². The van der Waals surface area contributed by atoms with E-state index in [1.54, 1.807) is 48.0 Å². The maximum Gasteiger partial charge on any atom is 0.317 e. The zero-order chi connectivity index (χ0) is 26.4. The minimum Gasteiger partial charge on any atom is -0.472 e. The van der Waals surface area contributed by atoms with Gasteiger partial charge in [-0.2, -0.15) is 0 Å². The van der Waals surface area contributed by atoms with E-state index in [0.29, 0.717) is 12.1 Å². The standard InChI is InChI=1S/C27H33FN4O4/c1-17(2)30-27(35)31(5)15-24-18(3)14-32(19(4)16-33)26(34)22-12-20(13-29-25(22)36-24)10-11-21-8-6-7-9-23(21)28/h6-9,12-13,17-19,24,33H,14-16H2,1-5H3,(H,30,35)/t18-,19+,24-/m0/s1. The van der Waals surface area contributed by atoms with Crippen molar-refractivity contribution in [1.29, 1.82) is 0 Å². The first-order chi connectivity index (χ1) is 17.1. The van der Waals surface area contributed by atoms with E-state index in [2.05, 4.69) is 22.1 Å². The van der Waals surface area contributed by atoms with Gasteiger partial charge in [0.05, 0.1) is 24.8 Å². The van der Waals surface area contributed by atoms with E-state index in [9.17, 15) is 19.1 Å². The number of carbonyl (C=O) groups excluding carboxylic acids is 2. The summed E-state index contributed by atoms with van der Waals surface area (Å²) in [6.45, 7) is 7.83. The normalized spacial score (nSPS) is 18.2. The van der Waals surface area contributed by atoms with Gasteiger partial charge in [0.2, 0.25) is 5.88 Å². The number of carbonyl (C=O) groups is 2. The van der Waals surface area contributed by atoms with Crippen LogP contribution in [0.25, 0.3) is 0 Å². The van der Waals surface area contributed by atoms with Gasteiger partial charge >= 0.3 is 6.03 Å². The lowest BCUT2D eigenvalue weighted by atomic mass is 10.00. The number of urea groups is 1. The van der Waals surface area contributed by atoms with Gasteiger partial charge in [-0.25, -0.2) is 14.2 Å². The van der Waals surface area contributed by atoms with E-state index >= 15 is 0 Å². The van der Waals surface area contributed by atoms with Gasteiger partial charge in [0.15, 0.2) is 0 Å². The molecule has 0 unspecified atom stereocenters. The second-order valence-corrected chi connectivity index (χ2v) is 9.41. The highest BCUT2D eigenvalue weighted by atomic mass is 19.1. The summed E-state index contributed by atoms with van der Waals surface area (Å²) < 4.78 is 20.2. The Kier molecular flexibility index (Phi) is 8.88. The molecule has 0 bridgehead atoms. The van der Waals surface area contributed by atoms with Crippen LogP contribution in [-0.2, 0) is 0 Å².